The molecule has 8 nitrogen and oxygen atoms in total. The lowest BCUT2D eigenvalue weighted by atomic mass is 9.94. The van der Waals surface area contributed by atoms with Crippen LogP contribution in [-0.2, 0) is 14.2 Å². The van der Waals surface area contributed by atoms with E-state index < -0.39 is 12.2 Å². The summed E-state index contributed by atoms with van der Waals surface area (Å²) in [6, 6.07) is 13.2. The summed E-state index contributed by atoms with van der Waals surface area (Å²) in [6.45, 7) is 4.66. The van der Waals surface area contributed by atoms with Crippen LogP contribution in [0.15, 0.2) is 42.5 Å². The molecule has 1 fully saturated rings. The van der Waals surface area contributed by atoms with E-state index in [1.165, 1.54) is 7.11 Å². The Kier molecular flexibility index (Phi) is 11.7. The van der Waals surface area contributed by atoms with E-state index in [0.717, 1.165) is 49.2 Å². The first-order valence-corrected chi connectivity index (χ1v) is 13.1. The summed E-state index contributed by atoms with van der Waals surface area (Å²) in [5.74, 6) is 0.372. The third-order valence-corrected chi connectivity index (χ3v) is 6.84. The van der Waals surface area contributed by atoms with Crippen molar-refractivity contribution >= 4 is 23.6 Å². The molecule has 2 unspecified atom stereocenters. The number of nitrogens with one attached hydrogen (secondary N) is 3. The molecule has 3 rings (SSSR count). The predicted octanol–water partition coefficient (Wildman–Crippen LogP) is 4.24. The smallest absolute Gasteiger partial charge is 0.406 e. The van der Waals surface area contributed by atoms with Crippen LogP contribution in [0.3, 0.4) is 0 Å². The fourth-order valence-electron chi connectivity index (χ4n) is 4.52. The van der Waals surface area contributed by atoms with Crippen molar-refractivity contribution in [3.05, 3.63) is 69.7 Å². The first-order valence-electron chi connectivity index (χ1n) is 12.7. The molecule has 0 saturated carbocycles. The number of likely N-dealkylation sites (N-methyl/N-ethyl adjacent to an activating group) is 1. The maximum Gasteiger partial charge on any atom is 0.406 e. The van der Waals surface area contributed by atoms with Gasteiger partial charge in [-0.05, 0) is 80.1 Å². The summed E-state index contributed by atoms with van der Waals surface area (Å²) in [4.78, 5) is 24.5. The molecular weight excluding hydrogens is 494 g/mol. The third kappa shape index (κ3) is 9.00. The lowest BCUT2D eigenvalue weighted by molar-refractivity contribution is 0.0478. The fraction of sp³-hybridized carbons (Fsp3) is 0.500. The van der Waals surface area contributed by atoms with Gasteiger partial charge in [0.15, 0.2) is 0 Å². The summed E-state index contributed by atoms with van der Waals surface area (Å²) < 4.78 is 16.4. The highest BCUT2D eigenvalue weighted by molar-refractivity contribution is 6.30. The molecule has 3 N–H and O–H groups in total. The minimum atomic E-state index is -0.520. The van der Waals surface area contributed by atoms with E-state index in [0.29, 0.717) is 23.0 Å². The van der Waals surface area contributed by atoms with Gasteiger partial charge in [-0.2, -0.15) is 0 Å². The highest BCUT2D eigenvalue weighted by Gasteiger charge is 2.22. The van der Waals surface area contributed by atoms with Crippen LogP contribution in [0, 0.1) is 12.8 Å². The Balaban J connectivity index is 1.72. The molecular formula is C28H38ClN3O5. The van der Waals surface area contributed by atoms with Gasteiger partial charge in [-0.3, -0.25) is 4.79 Å². The molecule has 2 amide bonds. The molecule has 0 radical (unpaired) electrons. The standard InChI is InChI=1S/C28H38ClN3O5/c1-19-9-10-22(27(33)32-17-24(30-2)14-20-6-5-12-36-18-20)16-25(19)26(21-7-4-8-23(29)15-21)37-13-11-31-28(34)35-3/h4,7-10,15-16,20,24,26,30H,5-6,11-14,17-18H2,1-3H3,(H,31,34)(H,32,33)/t20?,24?,26-/m0/s1. The number of hydrogen-bond acceptors (Lipinski definition) is 6. The Morgan fingerprint density at radius 1 is 1.19 bits per heavy atom. The highest BCUT2D eigenvalue weighted by Crippen LogP contribution is 2.31. The first kappa shape index (κ1) is 28.9. The van der Waals surface area contributed by atoms with Gasteiger partial charge in [0.1, 0.15) is 6.10 Å². The Hall–Kier alpha value is -2.65. The molecule has 0 aromatic heterocycles. The summed E-state index contributed by atoms with van der Waals surface area (Å²) in [6.07, 6.45) is 2.22. The van der Waals surface area contributed by atoms with Crippen molar-refractivity contribution < 1.29 is 23.8 Å². The number of hydrogen-bond donors (Lipinski definition) is 3. The van der Waals surface area contributed by atoms with Crippen molar-refractivity contribution in [1.29, 1.82) is 0 Å². The first-order chi connectivity index (χ1) is 17.9. The van der Waals surface area contributed by atoms with Gasteiger partial charge in [0.05, 0.1) is 13.7 Å². The second kappa shape index (κ2) is 14.9. The number of benzene rings is 2. The number of halogens is 1. The van der Waals surface area contributed by atoms with Gasteiger partial charge in [-0.1, -0.05) is 29.8 Å². The van der Waals surface area contributed by atoms with E-state index in [2.05, 4.69) is 20.7 Å². The van der Waals surface area contributed by atoms with Gasteiger partial charge >= 0.3 is 6.09 Å². The van der Waals surface area contributed by atoms with Crippen molar-refractivity contribution in [2.24, 2.45) is 5.92 Å². The molecule has 1 aliphatic rings. The molecule has 3 atom stereocenters. The van der Waals surface area contributed by atoms with E-state index >= 15 is 0 Å². The highest BCUT2D eigenvalue weighted by atomic mass is 35.5. The van der Waals surface area contributed by atoms with Crippen molar-refractivity contribution in [3.8, 4) is 0 Å². The second-order valence-electron chi connectivity index (χ2n) is 9.31. The van der Waals surface area contributed by atoms with Gasteiger partial charge in [0.2, 0.25) is 0 Å². The maximum atomic E-state index is 13.1. The molecule has 2 aromatic carbocycles. The molecule has 1 saturated heterocycles. The Bertz CT molecular complexity index is 1030. The average molecular weight is 532 g/mol. The molecule has 2 aromatic rings. The molecule has 1 aliphatic heterocycles. The van der Waals surface area contributed by atoms with Crippen LogP contribution in [0.5, 0.6) is 0 Å². The monoisotopic (exact) mass is 531 g/mol. The minimum absolute atomic E-state index is 0.140. The second-order valence-corrected chi connectivity index (χ2v) is 9.75. The molecule has 0 spiro atoms. The molecule has 0 bridgehead atoms. The number of carbonyl (C=O) groups is 2. The minimum Gasteiger partial charge on any atom is -0.453 e. The van der Waals surface area contributed by atoms with Crippen LogP contribution < -0.4 is 16.0 Å². The quantitative estimate of drug-likeness (QED) is 0.354. The number of amides is 2. The summed E-state index contributed by atoms with van der Waals surface area (Å²) in [5, 5.41) is 9.61. The fourth-order valence-corrected chi connectivity index (χ4v) is 4.72. The lowest BCUT2D eigenvalue weighted by Gasteiger charge is -2.26. The largest absolute Gasteiger partial charge is 0.453 e. The Labute approximate surface area is 224 Å². The van der Waals surface area contributed by atoms with E-state index in [1.54, 1.807) is 6.07 Å². The molecule has 0 aliphatic carbocycles. The lowest BCUT2D eigenvalue weighted by Crippen LogP contribution is -2.41. The van der Waals surface area contributed by atoms with Gasteiger partial charge in [-0.25, -0.2) is 4.79 Å². The van der Waals surface area contributed by atoms with Crippen LogP contribution in [-0.4, -0.2) is 65.1 Å². The van der Waals surface area contributed by atoms with Gasteiger partial charge < -0.3 is 30.2 Å². The number of ether oxygens (including phenoxy) is 3. The zero-order valence-corrected chi connectivity index (χ0v) is 22.6. The third-order valence-electron chi connectivity index (χ3n) is 6.61. The summed E-state index contributed by atoms with van der Waals surface area (Å²) in [7, 11) is 3.24. The van der Waals surface area contributed by atoms with Crippen LogP contribution in [0.1, 0.15) is 52.4 Å². The topological polar surface area (TPSA) is 97.9 Å². The van der Waals surface area contributed by atoms with Crippen LogP contribution >= 0.6 is 11.6 Å². The van der Waals surface area contributed by atoms with Crippen LogP contribution in [0.4, 0.5) is 4.79 Å². The van der Waals surface area contributed by atoms with Crippen LogP contribution in [0.2, 0.25) is 5.02 Å². The Morgan fingerprint density at radius 3 is 2.73 bits per heavy atom. The maximum absolute atomic E-state index is 13.1. The van der Waals surface area contributed by atoms with Crippen molar-refractivity contribution in [2.75, 3.05) is 47.1 Å². The molecule has 9 heteroatoms. The van der Waals surface area contributed by atoms with Gasteiger partial charge in [0.25, 0.3) is 5.91 Å². The van der Waals surface area contributed by atoms with E-state index in [1.807, 2.05) is 50.4 Å². The Morgan fingerprint density at radius 2 is 2.03 bits per heavy atom. The van der Waals surface area contributed by atoms with E-state index in [9.17, 15) is 9.59 Å². The molecule has 1 heterocycles. The SMILES string of the molecule is CNC(CNC(=O)c1ccc(C)c([C@@H](OCCNC(=O)OC)c2cccc(Cl)c2)c1)CC1CCCOC1. The zero-order chi connectivity index (χ0) is 26.6. The van der Waals surface area contributed by atoms with Crippen molar-refractivity contribution in [2.45, 2.75) is 38.3 Å². The average Bonchev–Trinajstić information content (AvgIpc) is 2.91. The number of aryl methyl sites for hydroxylation is 1. The number of methoxy groups -OCH3 is 1. The van der Waals surface area contributed by atoms with Crippen molar-refractivity contribution in [3.63, 3.8) is 0 Å². The van der Waals surface area contributed by atoms with E-state index in [4.69, 9.17) is 21.1 Å². The van der Waals surface area contributed by atoms with Crippen LogP contribution in [0.25, 0.3) is 0 Å². The number of alkyl carbamates (subject to hydrolysis) is 1. The van der Waals surface area contributed by atoms with E-state index in [-0.39, 0.29) is 25.1 Å². The summed E-state index contributed by atoms with van der Waals surface area (Å²) >= 11 is 6.27. The van der Waals surface area contributed by atoms with Gasteiger partial charge in [-0.15, -0.1) is 0 Å². The summed E-state index contributed by atoms with van der Waals surface area (Å²) in [5.41, 5.74) is 3.25. The number of carbonyl (C=O) groups excluding carboxylic acids is 2. The van der Waals surface area contributed by atoms with Crippen molar-refractivity contribution in [1.82, 2.24) is 16.0 Å². The normalized spacial score (nSPS) is 17.0. The number of rotatable bonds is 12. The predicted molar refractivity (Wildman–Crippen MR) is 144 cm³/mol. The molecule has 202 valence electrons. The molecule has 37 heavy (non-hydrogen) atoms. The van der Waals surface area contributed by atoms with Gasteiger partial charge in [0, 0.05) is 42.9 Å². The zero-order valence-electron chi connectivity index (χ0n) is 21.8.